The van der Waals surface area contributed by atoms with Gasteiger partial charge in [0, 0.05) is 11.6 Å². The van der Waals surface area contributed by atoms with Crippen LogP contribution >= 0.6 is 0 Å². The van der Waals surface area contributed by atoms with Crippen molar-refractivity contribution in [2.75, 3.05) is 0 Å². The third-order valence-electron chi connectivity index (χ3n) is 3.17. The fourth-order valence-electron chi connectivity index (χ4n) is 1.56. The molecule has 0 bridgehead atoms. The topological polar surface area (TPSA) is 59.8 Å². The van der Waals surface area contributed by atoms with E-state index in [1.165, 1.54) is 6.33 Å². The summed E-state index contributed by atoms with van der Waals surface area (Å²) in [5, 5.41) is 7.01. The number of nitrogens with one attached hydrogen (secondary N) is 1. The fraction of sp³-hybridized carbons (Fsp3) is 0.357. The molecule has 0 saturated heterocycles. The van der Waals surface area contributed by atoms with Crippen molar-refractivity contribution in [1.82, 2.24) is 20.1 Å². The second kappa shape index (κ2) is 5.65. The highest BCUT2D eigenvalue weighted by Gasteiger charge is 2.12. The molecule has 5 heteroatoms. The Morgan fingerprint density at radius 1 is 1.21 bits per heavy atom. The first-order chi connectivity index (χ1) is 9.08. The van der Waals surface area contributed by atoms with Crippen LogP contribution in [0.3, 0.4) is 0 Å². The largest absolute Gasteiger partial charge is 0.349 e. The second-order valence-corrected chi connectivity index (χ2v) is 4.89. The fourth-order valence-corrected chi connectivity index (χ4v) is 1.56. The standard InChI is InChI=1S/C14H18N4O/c1-10(2)11(3)17-14(19)12-4-6-13(7-5-12)18-9-15-8-16-18/h4-11H,1-3H3,(H,17,19). The minimum Gasteiger partial charge on any atom is -0.349 e. The molecular weight excluding hydrogens is 240 g/mol. The van der Waals surface area contributed by atoms with Crippen LogP contribution in [0.15, 0.2) is 36.9 Å². The molecule has 100 valence electrons. The Morgan fingerprint density at radius 3 is 2.42 bits per heavy atom. The van der Waals surface area contributed by atoms with Gasteiger partial charge in [0.2, 0.25) is 0 Å². The monoisotopic (exact) mass is 258 g/mol. The SMILES string of the molecule is CC(C)C(C)NC(=O)c1ccc(-n2cncn2)cc1. The number of hydrogen-bond donors (Lipinski definition) is 1. The number of hydrogen-bond acceptors (Lipinski definition) is 3. The molecule has 0 spiro atoms. The highest BCUT2D eigenvalue weighted by atomic mass is 16.1. The predicted molar refractivity (Wildman–Crippen MR) is 73.1 cm³/mol. The number of carbonyl (C=O) groups is 1. The minimum atomic E-state index is -0.0497. The van der Waals surface area contributed by atoms with E-state index in [0.29, 0.717) is 11.5 Å². The van der Waals surface area contributed by atoms with Gasteiger partial charge < -0.3 is 5.32 Å². The lowest BCUT2D eigenvalue weighted by Gasteiger charge is -2.17. The number of rotatable bonds is 4. The van der Waals surface area contributed by atoms with Gasteiger partial charge in [0.25, 0.3) is 5.91 Å². The third-order valence-corrected chi connectivity index (χ3v) is 3.17. The Hall–Kier alpha value is -2.17. The number of nitrogens with zero attached hydrogens (tertiary/aromatic N) is 3. The summed E-state index contributed by atoms with van der Waals surface area (Å²) in [6.45, 7) is 6.17. The van der Waals surface area contributed by atoms with Crippen LogP contribution in [0.5, 0.6) is 0 Å². The van der Waals surface area contributed by atoms with Crippen LogP contribution in [0.4, 0.5) is 0 Å². The molecule has 0 aliphatic heterocycles. The second-order valence-electron chi connectivity index (χ2n) is 4.89. The Balaban J connectivity index is 2.08. The maximum Gasteiger partial charge on any atom is 0.251 e. The maximum absolute atomic E-state index is 12.0. The third kappa shape index (κ3) is 3.19. The van der Waals surface area contributed by atoms with Crippen molar-refractivity contribution in [1.29, 1.82) is 0 Å². The van der Waals surface area contributed by atoms with E-state index in [2.05, 4.69) is 29.2 Å². The predicted octanol–water partition coefficient (Wildman–Crippen LogP) is 2.04. The molecule has 1 amide bonds. The van der Waals surface area contributed by atoms with Gasteiger partial charge >= 0.3 is 0 Å². The van der Waals surface area contributed by atoms with Gasteiger partial charge in [-0.3, -0.25) is 4.79 Å². The summed E-state index contributed by atoms with van der Waals surface area (Å²) < 4.78 is 1.65. The quantitative estimate of drug-likeness (QED) is 0.913. The van der Waals surface area contributed by atoms with Gasteiger partial charge in [0.1, 0.15) is 12.7 Å². The molecule has 1 heterocycles. The van der Waals surface area contributed by atoms with Crippen LogP contribution < -0.4 is 5.32 Å². The van der Waals surface area contributed by atoms with Crippen molar-refractivity contribution >= 4 is 5.91 Å². The van der Waals surface area contributed by atoms with E-state index >= 15 is 0 Å². The minimum absolute atomic E-state index is 0.0497. The zero-order valence-electron chi connectivity index (χ0n) is 11.4. The normalized spacial score (nSPS) is 12.4. The zero-order valence-corrected chi connectivity index (χ0v) is 11.4. The Morgan fingerprint density at radius 2 is 1.89 bits per heavy atom. The van der Waals surface area contributed by atoms with E-state index in [-0.39, 0.29) is 11.9 Å². The van der Waals surface area contributed by atoms with Crippen LogP contribution in [-0.4, -0.2) is 26.7 Å². The van der Waals surface area contributed by atoms with Crippen LogP contribution in [0.2, 0.25) is 0 Å². The number of benzene rings is 1. The first-order valence-electron chi connectivity index (χ1n) is 6.34. The lowest BCUT2D eigenvalue weighted by Crippen LogP contribution is -2.36. The zero-order chi connectivity index (χ0) is 13.8. The summed E-state index contributed by atoms with van der Waals surface area (Å²) in [6.07, 6.45) is 3.10. The van der Waals surface area contributed by atoms with Gasteiger partial charge in [-0.2, -0.15) is 5.10 Å². The van der Waals surface area contributed by atoms with Crippen molar-refractivity contribution in [2.45, 2.75) is 26.8 Å². The van der Waals surface area contributed by atoms with E-state index in [1.807, 2.05) is 19.1 Å². The molecular formula is C14H18N4O. The van der Waals surface area contributed by atoms with Crippen molar-refractivity contribution in [3.05, 3.63) is 42.5 Å². The molecule has 0 saturated carbocycles. The molecule has 19 heavy (non-hydrogen) atoms. The molecule has 1 aromatic carbocycles. The van der Waals surface area contributed by atoms with E-state index in [0.717, 1.165) is 5.69 Å². The van der Waals surface area contributed by atoms with Crippen molar-refractivity contribution in [3.63, 3.8) is 0 Å². The lowest BCUT2D eigenvalue weighted by molar-refractivity contribution is 0.0930. The van der Waals surface area contributed by atoms with Crippen LogP contribution in [-0.2, 0) is 0 Å². The van der Waals surface area contributed by atoms with Gasteiger partial charge in [-0.1, -0.05) is 13.8 Å². The van der Waals surface area contributed by atoms with Crippen LogP contribution in [0, 0.1) is 5.92 Å². The first-order valence-corrected chi connectivity index (χ1v) is 6.34. The molecule has 1 unspecified atom stereocenters. The van der Waals surface area contributed by atoms with Crippen LogP contribution in [0.1, 0.15) is 31.1 Å². The summed E-state index contributed by atoms with van der Waals surface area (Å²) >= 11 is 0. The molecule has 5 nitrogen and oxygen atoms in total. The van der Waals surface area contributed by atoms with Crippen molar-refractivity contribution in [2.24, 2.45) is 5.92 Å². The summed E-state index contributed by atoms with van der Waals surface area (Å²) in [4.78, 5) is 15.9. The average molecular weight is 258 g/mol. The summed E-state index contributed by atoms with van der Waals surface area (Å²) in [5.41, 5.74) is 1.53. The Bertz CT molecular complexity index is 531. The van der Waals surface area contributed by atoms with Crippen molar-refractivity contribution < 1.29 is 4.79 Å². The Labute approximate surface area is 112 Å². The average Bonchev–Trinajstić information content (AvgIpc) is 2.92. The lowest BCUT2D eigenvalue weighted by atomic mass is 10.1. The summed E-state index contributed by atoms with van der Waals surface area (Å²) in [5.74, 6) is 0.365. The molecule has 2 rings (SSSR count). The van der Waals surface area contributed by atoms with Gasteiger partial charge in [-0.05, 0) is 37.1 Å². The number of carbonyl (C=O) groups excluding carboxylic acids is 1. The molecule has 2 aromatic rings. The van der Waals surface area contributed by atoms with Gasteiger partial charge in [0.15, 0.2) is 0 Å². The molecule has 1 atom stereocenters. The molecule has 0 fully saturated rings. The molecule has 1 N–H and O–H groups in total. The molecule has 1 aromatic heterocycles. The molecule has 0 aliphatic rings. The molecule has 0 radical (unpaired) electrons. The van der Waals surface area contributed by atoms with Crippen molar-refractivity contribution in [3.8, 4) is 5.69 Å². The first kappa shape index (κ1) is 13.3. The van der Waals surface area contributed by atoms with E-state index in [1.54, 1.807) is 23.1 Å². The molecule has 0 aliphatic carbocycles. The van der Waals surface area contributed by atoms with Gasteiger partial charge in [0.05, 0.1) is 5.69 Å². The highest BCUT2D eigenvalue weighted by molar-refractivity contribution is 5.94. The van der Waals surface area contributed by atoms with Gasteiger partial charge in [-0.15, -0.1) is 0 Å². The highest BCUT2D eigenvalue weighted by Crippen LogP contribution is 2.09. The van der Waals surface area contributed by atoms with E-state index in [9.17, 15) is 4.79 Å². The number of aromatic nitrogens is 3. The summed E-state index contributed by atoms with van der Waals surface area (Å²) in [6, 6.07) is 7.44. The summed E-state index contributed by atoms with van der Waals surface area (Å²) in [7, 11) is 0. The maximum atomic E-state index is 12.0. The van der Waals surface area contributed by atoms with Crippen LogP contribution in [0.25, 0.3) is 5.69 Å². The van der Waals surface area contributed by atoms with E-state index in [4.69, 9.17) is 0 Å². The van der Waals surface area contributed by atoms with Gasteiger partial charge in [-0.25, -0.2) is 9.67 Å². The smallest absolute Gasteiger partial charge is 0.251 e. The Kier molecular flexibility index (Phi) is 3.94. The number of amides is 1. The van der Waals surface area contributed by atoms with E-state index < -0.39 is 0 Å².